The van der Waals surface area contributed by atoms with E-state index < -0.39 is 47.7 Å². The first-order valence-corrected chi connectivity index (χ1v) is 18.5. The van der Waals surface area contributed by atoms with Gasteiger partial charge in [0.15, 0.2) is 0 Å². The molecule has 2 aromatic rings. The molecule has 1 heterocycles. The van der Waals surface area contributed by atoms with Crippen molar-refractivity contribution >= 4 is 29.8 Å². The fraction of sp³-hybridized carbons (Fsp3) is 0.537. The molecular weight excluding hydrogens is 674 g/mol. The van der Waals surface area contributed by atoms with E-state index >= 15 is 0 Å². The molecule has 1 aliphatic heterocycles. The SMILES string of the molecule is COC(=O)C(NC(=O)C(C)NC(=O)C(C)N1CCC(C(C)NC(=O)C(Cc2ccccc2)NC(=O)OC(C)(C)C)=CC(Cc2ccccc2)C1)C(C)C. The van der Waals surface area contributed by atoms with Crippen LogP contribution in [0.25, 0.3) is 0 Å². The van der Waals surface area contributed by atoms with Crippen LogP contribution in [-0.2, 0) is 41.5 Å². The number of carbonyl (C=O) groups is 5. The zero-order valence-electron chi connectivity index (χ0n) is 32.7. The zero-order chi connectivity index (χ0) is 39.3. The Balaban J connectivity index is 1.76. The van der Waals surface area contributed by atoms with Crippen molar-refractivity contribution in [2.24, 2.45) is 11.8 Å². The molecule has 12 heteroatoms. The molecule has 12 nitrogen and oxygen atoms in total. The number of esters is 1. The van der Waals surface area contributed by atoms with E-state index in [2.05, 4.69) is 44.4 Å². The van der Waals surface area contributed by atoms with Crippen LogP contribution in [0, 0.1) is 11.8 Å². The summed E-state index contributed by atoms with van der Waals surface area (Å²) < 4.78 is 10.3. The Bertz CT molecular complexity index is 1560. The summed E-state index contributed by atoms with van der Waals surface area (Å²) in [5.41, 5.74) is 2.32. The Hall–Kier alpha value is -4.71. The molecule has 2 aromatic carbocycles. The second-order valence-electron chi connectivity index (χ2n) is 15.2. The number of ether oxygens (including phenoxy) is 2. The number of rotatable bonds is 15. The van der Waals surface area contributed by atoms with Crippen molar-refractivity contribution in [2.75, 3.05) is 20.2 Å². The third-order valence-corrected chi connectivity index (χ3v) is 9.25. The highest BCUT2D eigenvalue weighted by atomic mass is 16.6. The number of nitrogens with zero attached hydrogens (tertiary/aromatic N) is 1. The minimum absolute atomic E-state index is 0.0112. The molecule has 4 N–H and O–H groups in total. The van der Waals surface area contributed by atoms with Gasteiger partial charge < -0.3 is 30.7 Å². The summed E-state index contributed by atoms with van der Waals surface area (Å²) in [6.07, 6.45) is 3.11. The molecule has 0 saturated carbocycles. The minimum atomic E-state index is -0.884. The van der Waals surface area contributed by atoms with Gasteiger partial charge in [-0.15, -0.1) is 0 Å². The molecule has 53 heavy (non-hydrogen) atoms. The van der Waals surface area contributed by atoms with E-state index in [-0.39, 0.29) is 36.1 Å². The van der Waals surface area contributed by atoms with Gasteiger partial charge in [-0.2, -0.15) is 0 Å². The molecule has 0 aromatic heterocycles. The second-order valence-corrected chi connectivity index (χ2v) is 15.2. The Kier molecular flexibility index (Phi) is 16.1. The van der Waals surface area contributed by atoms with Crippen molar-refractivity contribution in [2.45, 2.75) is 110 Å². The Morgan fingerprint density at radius 2 is 1.40 bits per heavy atom. The highest BCUT2D eigenvalue weighted by Crippen LogP contribution is 2.24. The van der Waals surface area contributed by atoms with Gasteiger partial charge in [-0.3, -0.25) is 19.3 Å². The average molecular weight is 734 g/mol. The predicted octanol–water partition coefficient (Wildman–Crippen LogP) is 4.33. The summed E-state index contributed by atoms with van der Waals surface area (Å²) in [5, 5.41) is 11.4. The maximum Gasteiger partial charge on any atom is 0.408 e. The Morgan fingerprint density at radius 1 is 0.792 bits per heavy atom. The van der Waals surface area contributed by atoms with E-state index in [1.165, 1.54) is 7.11 Å². The molecule has 6 unspecified atom stereocenters. The summed E-state index contributed by atoms with van der Waals surface area (Å²) >= 11 is 0. The average Bonchev–Trinajstić information content (AvgIpc) is 3.32. The van der Waals surface area contributed by atoms with Gasteiger partial charge in [0.2, 0.25) is 17.7 Å². The number of alkyl carbamates (subject to hydrolysis) is 1. The Morgan fingerprint density at radius 3 is 1.96 bits per heavy atom. The number of benzene rings is 2. The van der Waals surface area contributed by atoms with Crippen LogP contribution in [-0.4, -0.2) is 90.7 Å². The standard InChI is InChI=1S/C41H59N5O7/c1-26(2)35(39(50)52-9)45-36(47)28(4)43-37(48)29(5)46-21-20-33(23-32(25-46)22-30-16-12-10-13-17-30)27(3)42-38(49)34(24-31-18-14-11-15-19-31)44-40(51)53-41(6,7)8/h10-19,23,26-29,32,34-35H,20-22,24-25H2,1-9H3,(H,42,49)(H,43,48)(H,44,51)(H,45,47). The molecule has 0 saturated heterocycles. The lowest BCUT2D eigenvalue weighted by atomic mass is 9.94. The zero-order valence-corrected chi connectivity index (χ0v) is 32.7. The molecule has 3 rings (SSSR count). The topological polar surface area (TPSA) is 155 Å². The first kappa shape index (κ1) is 42.7. The van der Waals surface area contributed by atoms with Crippen molar-refractivity contribution in [1.82, 2.24) is 26.2 Å². The van der Waals surface area contributed by atoms with E-state index in [0.717, 1.165) is 23.1 Å². The molecule has 0 radical (unpaired) electrons. The number of hydrogen-bond acceptors (Lipinski definition) is 8. The van der Waals surface area contributed by atoms with Crippen LogP contribution in [0.2, 0.25) is 0 Å². The molecular formula is C41H59N5O7. The van der Waals surface area contributed by atoms with Gasteiger partial charge in [0.1, 0.15) is 23.7 Å². The van der Waals surface area contributed by atoms with Gasteiger partial charge in [-0.05, 0) is 77.3 Å². The van der Waals surface area contributed by atoms with Gasteiger partial charge in [0.25, 0.3) is 0 Å². The molecule has 0 aliphatic carbocycles. The van der Waals surface area contributed by atoms with Crippen LogP contribution in [0.4, 0.5) is 4.79 Å². The van der Waals surface area contributed by atoms with Gasteiger partial charge in [0, 0.05) is 25.6 Å². The van der Waals surface area contributed by atoms with Crippen LogP contribution in [0.5, 0.6) is 0 Å². The lowest BCUT2D eigenvalue weighted by Crippen LogP contribution is -2.55. The first-order chi connectivity index (χ1) is 25.0. The highest BCUT2D eigenvalue weighted by Gasteiger charge is 2.32. The van der Waals surface area contributed by atoms with Crippen LogP contribution >= 0.6 is 0 Å². The second kappa shape index (κ2) is 19.9. The third-order valence-electron chi connectivity index (χ3n) is 9.25. The van der Waals surface area contributed by atoms with E-state index in [1.54, 1.807) is 41.5 Å². The largest absolute Gasteiger partial charge is 0.467 e. The fourth-order valence-electron chi connectivity index (χ4n) is 6.24. The number of methoxy groups -OCH3 is 1. The minimum Gasteiger partial charge on any atom is -0.467 e. The molecule has 1 aliphatic rings. The highest BCUT2D eigenvalue weighted by molar-refractivity contribution is 5.91. The molecule has 6 atom stereocenters. The molecule has 4 amide bonds. The summed E-state index contributed by atoms with van der Waals surface area (Å²) in [6.45, 7) is 15.4. The van der Waals surface area contributed by atoms with Crippen LogP contribution in [0.1, 0.15) is 72.9 Å². The molecule has 290 valence electrons. The van der Waals surface area contributed by atoms with Gasteiger partial charge in [-0.1, -0.05) is 86.2 Å². The lowest BCUT2D eigenvalue weighted by molar-refractivity contribution is -0.146. The van der Waals surface area contributed by atoms with Gasteiger partial charge >= 0.3 is 12.1 Å². The van der Waals surface area contributed by atoms with E-state index in [4.69, 9.17) is 9.47 Å². The number of nitrogens with one attached hydrogen (secondary N) is 4. The van der Waals surface area contributed by atoms with Crippen molar-refractivity contribution in [3.05, 3.63) is 83.4 Å². The van der Waals surface area contributed by atoms with Crippen LogP contribution in [0.3, 0.4) is 0 Å². The first-order valence-electron chi connectivity index (χ1n) is 18.5. The summed E-state index contributed by atoms with van der Waals surface area (Å²) in [4.78, 5) is 67.4. The van der Waals surface area contributed by atoms with E-state index in [9.17, 15) is 24.0 Å². The van der Waals surface area contributed by atoms with Crippen LogP contribution in [0.15, 0.2) is 72.3 Å². The fourth-order valence-corrected chi connectivity index (χ4v) is 6.24. The van der Waals surface area contributed by atoms with E-state index in [1.807, 2.05) is 62.4 Å². The lowest BCUT2D eigenvalue weighted by Gasteiger charge is -2.30. The predicted molar refractivity (Wildman–Crippen MR) is 205 cm³/mol. The van der Waals surface area contributed by atoms with Crippen LogP contribution < -0.4 is 21.3 Å². The molecule has 0 bridgehead atoms. The summed E-state index contributed by atoms with van der Waals surface area (Å²) in [6, 6.07) is 16.1. The Labute approximate surface area is 314 Å². The van der Waals surface area contributed by atoms with Crippen molar-refractivity contribution in [3.8, 4) is 0 Å². The molecule has 0 fully saturated rings. The summed E-state index contributed by atoms with van der Waals surface area (Å²) in [5.74, 6) is -1.86. The third kappa shape index (κ3) is 14.0. The maximum absolute atomic E-state index is 13.8. The maximum atomic E-state index is 13.8. The number of hydrogen-bond donors (Lipinski definition) is 4. The monoisotopic (exact) mass is 733 g/mol. The van der Waals surface area contributed by atoms with Crippen molar-refractivity contribution in [3.63, 3.8) is 0 Å². The van der Waals surface area contributed by atoms with Gasteiger partial charge in [0.05, 0.1) is 13.2 Å². The smallest absolute Gasteiger partial charge is 0.408 e. The molecule has 0 spiro atoms. The van der Waals surface area contributed by atoms with Gasteiger partial charge in [-0.25, -0.2) is 9.59 Å². The quantitative estimate of drug-likeness (QED) is 0.156. The van der Waals surface area contributed by atoms with Crippen molar-refractivity contribution in [1.29, 1.82) is 0 Å². The van der Waals surface area contributed by atoms with Crippen molar-refractivity contribution < 1.29 is 33.4 Å². The normalized spacial score (nSPS) is 17.8. The number of amides is 4. The van der Waals surface area contributed by atoms with E-state index in [0.29, 0.717) is 19.5 Å². The summed E-state index contributed by atoms with van der Waals surface area (Å²) in [7, 11) is 1.27. The number of carbonyl (C=O) groups excluding carboxylic acids is 5.